The standard InChI is InChI=1S/C22H25N3O/c1-3-16-7-4-5-8-17(16)26-18-9-6-14-25-19(18)23-24-20(25)22-12-10-21(2,15-22)11-13-22/h4-9,14H,3,10-13,15H2,1-2H3. The van der Waals surface area contributed by atoms with E-state index in [9.17, 15) is 0 Å². The third-order valence-electron chi connectivity index (χ3n) is 6.63. The minimum Gasteiger partial charge on any atom is -0.453 e. The highest BCUT2D eigenvalue weighted by Crippen LogP contribution is 2.61. The number of benzene rings is 1. The molecule has 2 heterocycles. The Morgan fingerprint density at radius 1 is 1.00 bits per heavy atom. The maximum atomic E-state index is 6.26. The van der Waals surface area contributed by atoms with E-state index in [0.717, 1.165) is 29.4 Å². The van der Waals surface area contributed by atoms with Crippen molar-refractivity contribution in [2.75, 3.05) is 0 Å². The van der Waals surface area contributed by atoms with E-state index in [1.165, 1.54) is 37.7 Å². The lowest BCUT2D eigenvalue weighted by molar-refractivity contribution is 0.325. The average molecular weight is 347 g/mol. The molecule has 2 saturated carbocycles. The fourth-order valence-electron chi connectivity index (χ4n) is 5.15. The molecule has 0 N–H and O–H groups in total. The van der Waals surface area contributed by atoms with Gasteiger partial charge in [-0.15, -0.1) is 10.2 Å². The molecule has 0 atom stereocenters. The first kappa shape index (κ1) is 15.9. The third kappa shape index (κ3) is 2.28. The van der Waals surface area contributed by atoms with Crippen LogP contribution in [0.3, 0.4) is 0 Å². The predicted octanol–water partition coefficient (Wildman–Crippen LogP) is 5.31. The summed E-state index contributed by atoms with van der Waals surface area (Å²) in [4.78, 5) is 0. The number of hydrogen-bond acceptors (Lipinski definition) is 3. The molecular formula is C22H25N3O. The molecule has 2 aliphatic rings. The molecule has 26 heavy (non-hydrogen) atoms. The van der Waals surface area contributed by atoms with Gasteiger partial charge in [-0.1, -0.05) is 32.0 Å². The highest BCUT2D eigenvalue weighted by atomic mass is 16.5. The van der Waals surface area contributed by atoms with Crippen LogP contribution in [0.1, 0.15) is 57.3 Å². The third-order valence-corrected chi connectivity index (χ3v) is 6.63. The summed E-state index contributed by atoms with van der Waals surface area (Å²) in [7, 11) is 0. The Labute approximate surface area is 154 Å². The molecular weight excluding hydrogens is 322 g/mol. The van der Waals surface area contributed by atoms with Gasteiger partial charge in [-0.2, -0.15) is 0 Å². The van der Waals surface area contributed by atoms with Crippen LogP contribution >= 0.6 is 0 Å². The molecule has 2 fully saturated rings. The Morgan fingerprint density at radius 2 is 1.77 bits per heavy atom. The van der Waals surface area contributed by atoms with Crippen molar-refractivity contribution in [1.82, 2.24) is 14.6 Å². The maximum Gasteiger partial charge on any atom is 0.203 e. The molecule has 4 heteroatoms. The van der Waals surface area contributed by atoms with Crippen molar-refractivity contribution < 1.29 is 4.74 Å². The molecule has 0 amide bonds. The molecule has 0 radical (unpaired) electrons. The minimum absolute atomic E-state index is 0.202. The quantitative estimate of drug-likeness (QED) is 0.642. The first-order valence-corrected chi connectivity index (χ1v) is 9.73. The summed E-state index contributed by atoms with van der Waals surface area (Å²) in [6.07, 6.45) is 9.35. The van der Waals surface area contributed by atoms with Crippen molar-refractivity contribution in [3.8, 4) is 11.5 Å². The molecule has 1 aromatic carbocycles. The zero-order valence-electron chi connectivity index (χ0n) is 15.5. The van der Waals surface area contributed by atoms with Gasteiger partial charge < -0.3 is 4.74 Å². The Hall–Kier alpha value is -2.36. The van der Waals surface area contributed by atoms with Crippen LogP contribution < -0.4 is 4.74 Å². The number of nitrogens with zero attached hydrogens (tertiary/aromatic N) is 3. The molecule has 134 valence electrons. The zero-order chi connectivity index (χ0) is 17.8. The smallest absolute Gasteiger partial charge is 0.203 e. The summed E-state index contributed by atoms with van der Waals surface area (Å²) in [5, 5.41) is 9.19. The number of hydrogen-bond donors (Lipinski definition) is 0. The van der Waals surface area contributed by atoms with E-state index in [1.54, 1.807) is 0 Å². The predicted molar refractivity (Wildman–Crippen MR) is 102 cm³/mol. The number of ether oxygens (including phenoxy) is 1. The van der Waals surface area contributed by atoms with Crippen LogP contribution in [0, 0.1) is 5.41 Å². The van der Waals surface area contributed by atoms with E-state index in [2.05, 4.69) is 46.8 Å². The Kier molecular flexibility index (Phi) is 3.40. The van der Waals surface area contributed by atoms with Crippen LogP contribution in [-0.2, 0) is 11.8 Å². The van der Waals surface area contributed by atoms with Gasteiger partial charge in [0, 0.05) is 11.6 Å². The number of fused-ring (bicyclic) bond motifs is 3. The molecule has 0 saturated heterocycles. The average Bonchev–Trinajstić information content (AvgIpc) is 3.33. The Bertz CT molecular complexity index is 966. The van der Waals surface area contributed by atoms with Crippen molar-refractivity contribution in [3.05, 3.63) is 54.0 Å². The first-order chi connectivity index (χ1) is 12.6. The van der Waals surface area contributed by atoms with Gasteiger partial charge in [-0.05, 0) is 67.7 Å². The van der Waals surface area contributed by atoms with Gasteiger partial charge in [0.05, 0.1) is 0 Å². The van der Waals surface area contributed by atoms with Crippen LogP contribution in [0.5, 0.6) is 11.5 Å². The van der Waals surface area contributed by atoms with Crippen LogP contribution in [0.4, 0.5) is 0 Å². The lowest BCUT2D eigenvalue weighted by atomic mass is 9.82. The van der Waals surface area contributed by atoms with Crippen molar-refractivity contribution in [1.29, 1.82) is 0 Å². The number of aromatic nitrogens is 3. The lowest BCUT2D eigenvalue weighted by Crippen LogP contribution is -2.23. The number of para-hydroxylation sites is 1. The van der Waals surface area contributed by atoms with E-state index in [1.807, 2.05) is 24.3 Å². The monoisotopic (exact) mass is 347 g/mol. The highest BCUT2D eigenvalue weighted by molar-refractivity contribution is 5.56. The van der Waals surface area contributed by atoms with Crippen LogP contribution in [0.2, 0.25) is 0 Å². The summed E-state index contributed by atoms with van der Waals surface area (Å²) < 4.78 is 8.43. The van der Waals surface area contributed by atoms with E-state index < -0.39 is 0 Å². The summed E-state index contributed by atoms with van der Waals surface area (Å²) in [5.74, 6) is 2.81. The largest absolute Gasteiger partial charge is 0.453 e. The van der Waals surface area contributed by atoms with Crippen LogP contribution in [-0.4, -0.2) is 14.6 Å². The van der Waals surface area contributed by atoms with E-state index in [-0.39, 0.29) is 5.41 Å². The fraction of sp³-hybridized carbons (Fsp3) is 0.455. The molecule has 2 aromatic heterocycles. The van der Waals surface area contributed by atoms with Gasteiger partial charge in [-0.3, -0.25) is 4.40 Å². The number of pyridine rings is 1. The number of rotatable bonds is 4. The van der Waals surface area contributed by atoms with Gasteiger partial charge in [0.1, 0.15) is 11.6 Å². The molecule has 0 unspecified atom stereocenters. The van der Waals surface area contributed by atoms with Gasteiger partial charge >= 0.3 is 0 Å². The van der Waals surface area contributed by atoms with Gasteiger partial charge in [0.2, 0.25) is 5.65 Å². The topological polar surface area (TPSA) is 39.4 Å². The van der Waals surface area contributed by atoms with E-state index >= 15 is 0 Å². The van der Waals surface area contributed by atoms with Crippen molar-refractivity contribution in [3.63, 3.8) is 0 Å². The second-order valence-electron chi connectivity index (χ2n) is 8.42. The van der Waals surface area contributed by atoms with Gasteiger partial charge in [0.15, 0.2) is 5.75 Å². The number of aryl methyl sites for hydroxylation is 1. The molecule has 0 spiro atoms. The SMILES string of the molecule is CCc1ccccc1Oc1cccn2c(C34CCC(C)(CC3)C4)nnc12. The Morgan fingerprint density at radius 3 is 2.50 bits per heavy atom. The summed E-state index contributed by atoms with van der Waals surface area (Å²) in [5.41, 5.74) is 2.73. The minimum atomic E-state index is 0.202. The normalized spacial score (nSPS) is 27.3. The summed E-state index contributed by atoms with van der Waals surface area (Å²) in [6, 6.07) is 12.2. The molecule has 2 aliphatic carbocycles. The van der Waals surface area contributed by atoms with Crippen LogP contribution in [0.15, 0.2) is 42.6 Å². The maximum absolute atomic E-state index is 6.26. The highest BCUT2D eigenvalue weighted by Gasteiger charge is 2.54. The van der Waals surface area contributed by atoms with E-state index in [4.69, 9.17) is 4.74 Å². The second-order valence-corrected chi connectivity index (χ2v) is 8.42. The van der Waals surface area contributed by atoms with Crippen molar-refractivity contribution >= 4 is 5.65 Å². The van der Waals surface area contributed by atoms with Crippen molar-refractivity contribution in [2.24, 2.45) is 5.41 Å². The Balaban J connectivity index is 1.57. The zero-order valence-corrected chi connectivity index (χ0v) is 15.5. The molecule has 4 nitrogen and oxygen atoms in total. The lowest BCUT2D eigenvalue weighted by Gasteiger charge is -2.24. The summed E-state index contributed by atoms with van der Waals surface area (Å²) in [6.45, 7) is 4.58. The molecule has 0 aliphatic heterocycles. The van der Waals surface area contributed by atoms with Gasteiger partial charge in [-0.25, -0.2) is 0 Å². The molecule has 2 bridgehead atoms. The molecule has 3 aromatic rings. The molecule has 5 rings (SSSR count). The first-order valence-electron chi connectivity index (χ1n) is 9.73. The van der Waals surface area contributed by atoms with E-state index in [0.29, 0.717) is 5.41 Å². The van der Waals surface area contributed by atoms with Crippen molar-refractivity contribution in [2.45, 2.75) is 57.8 Å². The van der Waals surface area contributed by atoms with Crippen LogP contribution in [0.25, 0.3) is 5.65 Å². The fourth-order valence-corrected chi connectivity index (χ4v) is 5.15. The second kappa shape index (κ2) is 5.57. The van der Waals surface area contributed by atoms with Gasteiger partial charge in [0.25, 0.3) is 0 Å². The summed E-state index contributed by atoms with van der Waals surface area (Å²) >= 11 is 0.